The van der Waals surface area contributed by atoms with Gasteiger partial charge in [0.25, 0.3) is 0 Å². The summed E-state index contributed by atoms with van der Waals surface area (Å²) in [6.45, 7) is 5.27. The molecule has 0 bridgehead atoms. The maximum absolute atomic E-state index is 14.0. The van der Waals surface area contributed by atoms with Gasteiger partial charge in [0.2, 0.25) is 5.95 Å². The lowest BCUT2D eigenvalue weighted by Crippen LogP contribution is -2.30. The van der Waals surface area contributed by atoms with Crippen LogP contribution in [-0.2, 0) is 16.3 Å². The highest BCUT2D eigenvalue weighted by atomic mass is 32.2. The fourth-order valence-electron chi connectivity index (χ4n) is 4.93. The minimum Gasteiger partial charge on any atom is -0.368 e. The van der Waals surface area contributed by atoms with Gasteiger partial charge in [0.05, 0.1) is 31.9 Å². The quantitative estimate of drug-likeness (QED) is 0.577. The molecule has 3 aliphatic rings. The van der Waals surface area contributed by atoms with E-state index >= 15 is 0 Å². The van der Waals surface area contributed by atoms with Crippen LogP contribution >= 0.6 is 0 Å². The molecule has 2 unspecified atom stereocenters. The van der Waals surface area contributed by atoms with E-state index in [1.807, 2.05) is 18.2 Å². The van der Waals surface area contributed by atoms with Crippen LogP contribution in [0, 0.1) is 6.92 Å². The maximum atomic E-state index is 14.0. The number of fused-ring (bicyclic) bond motifs is 2. The molecule has 3 aromatic rings. The van der Waals surface area contributed by atoms with Crippen molar-refractivity contribution in [3.63, 3.8) is 0 Å². The monoisotopic (exact) mass is 476 g/mol. The first-order valence-corrected chi connectivity index (χ1v) is 14.1. The van der Waals surface area contributed by atoms with Crippen LogP contribution in [0.3, 0.4) is 0 Å². The van der Waals surface area contributed by atoms with Crippen molar-refractivity contribution >= 4 is 32.4 Å². The van der Waals surface area contributed by atoms with Gasteiger partial charge in [0.15, 0.2) is 0 Å². The molecule has 178 valence electrons. The Hall–Kier alpha value is -2.71. The Morgan fingerprint density at radius 3 is 2.88 bits per heavy atom. The SMILES string of the molecule is Cc1ccc2nc(N3CCS(=O)(=NC4CC4)c4ccccc4C3)nc(NCC3CCCN3)c2c1. The molecule has 7 nitrogen and oxygen atoms in total. The normalized spacial score (nSPS) is 24.6. The lowest BCUT2D eigenvalue weighted by Gasteiger charge is -2.22. The highest BCUT2D eigenvalue weighted by Crippen LogP contribution is 2.33. The molecule has 0 radical (unpaired) electrons. The third-order valence-electron chi connectivity index (χ3n) is 6.98. The lowest BCUT2D eigenvalue weighted by atomic mass is 10.1. The molecule has 2 aromatic carbocycles. The van der Waals surface area contributed by atoms with E-state index in [0.29, 0.717) is 30.8 Å². The average Bonchev–Trinajstić information content (AvgIpc) is 3.52. The van der Waals surface area contributed by atoms with E-state index in [0.717, 1.165) is 53.1 Å². The van der Waals surface area contributed by atoms with E-state index in [2.05, 4.69) is 46.7 Å². The minimum atomic E-state index is -2.44. The zero-order chi connectivity index (χ0) is 23.1. The van der Waals surface area contributed by atoms with Crippen LogP contribution in [-0.4, -0.2) is 51.6 Å². The van der Waals surface area contributed by atoms with E-state index in [1.165, 1.54) is 18.4 Å². The second-order valence-electron chi connectivity index (χ2n) is 9.78. The van der Waals surface area contributed by atoms with Gasteiger partial charge in [0.1, 0.15) is 5.82 Å². The van der Waals surface area contributed by atoms with Crippen LogP contribution in [0.15, 0.2) is 51.7 Å². The molecule has 6 rings (SSSR count). The van der Waals surface area contributed by atoms with Crippen molar-refractivity contribution in [1.82, 2.24) is 15.3 Å². The van der Waals surface area contributed by atoms with E-state index in [9.17, 15) is 4.21 Å². The van der Waals surface area contributed by atoms with Gasteiger partial charge in [-0.05, 0) is 62.9 Å². The largest absolute Gasteiger partial charge is 0.368 e. The molecule has 2 aliphatic heterocycles. The summed E-state index contributed by atoms with van der Waals surface area (Å²) in [5.41, 5.74) is 3.18. The standard InChI is InChI=1S/C26H32N6OS/c1-18-8-11-23-22(15-18)25(28-16-21-6-4-12-27-21)30-26(29-23)32-13-14-34(33,31-20-9-10-20)24-7-3-2-5-19(24)17-32/h2-3,5,7-8,11,15,20-21,27H,4,6,9-10,12-14,16-17H2,1H3,(H,28,29,30). The molecule has 3 heterocycles. The summed E-state index contributed by atoms with van der Waals surface area (Å²) >= 11 is 0. The minimum absolute atomic E-state index is 0.257. The number of anilines is 2. The van der Waals surface area contributed by atoms with Crippen LogP contribution in [0.2, 0.25) is 0 Å². The molecule has 1 saturated carbocycles. The van der Waals surface area contributed by atoms with Crippen molar-refractivity contribution in [1.29, 1.82) is 0 Å². The predicted molar refractivity (Wildman–Crippen MR) is 138 cm³/mol. The van der Waals surface area contributed by atoms with Crippen LogP contribution in [0.25, 0.3) is 10.9 Å². The van der Waals surface area contributed by atoms with Crippen LogP contribution < -0.4 is 15.5 Å². The number of nitrogens with zero attached hydrogens (tertiary/aromatic N) is 4. The smallest absolute Gasteiger partial charge is 0.228 e. The molecule has 8 heteroatoms. The fraction of sp³-hybridized carbons (Fsp3) is 0.462. The van der Waals surface area contributed by atoms with Gasteiger partial charge >= 0.3 is 0 Å². The summed E-state index contributed by atoms with van der Waals surface area (Å²) in [5.74, 6) is 2.06. The summed E-state index contributed by atoms with van der Waals surface area (Å²) in [4.78, 5) is 13.0. The molecule has 34 heavy (non-hydrogen) atoms. The van der Waals surface area contributed by atoms with Crippen LogP contribution in [0.1, 0.15) is 36.8 Å². The van der Waals surface area contributed by atoms with Crippen molar-refractivity contribution in [3.05, 3.63) is 53.6 Å². The Morgan fingerprint density at radius 2 is 2.06 bits per heavy atom. The molecular formula is C26H32N6OS. The molecule has 2 N–H and O–H groups in total. The van der Waals surface area contributed by atoms with Crippen LogP contribution in [0.5, 0.6) is 0 Å². The maximum Gasteiger partial charge on any atom is 0.228 e. The highest BCUT2D eigenvalue weighted by molar-refractivity contribution is 7.93. The number of aromatic nitrogens is 2. The lowest BCUT2D eigenvalue weighted by molar-refractivity contribution is 0.632. The number of aryl methyl sites for hydroxylation is 1. The number of nitrogens with one attached hydrogen (secondary N) is 2. The van der Waals surface area contributed by atoms with E-state index < -0.39 is 9.73 Å². The zero-order valence-electron chi connectivity index (χ0n) is 19.7. The van der Waals surface area contributed by atoms with Gasteiger partial charge in [-0.15, -0.1) is 0 Å². The molecule has 2 fully saturated rings. The van der Waals surface area contributed by atoms with E-state index in [-0.39, 0.29) is 6.04 Å². The van der Waals surface area contributed by atoms with Crippen molar-refractivity contribution in [2.24, 2.45) is 4.36 Å². The first-order valence-electron chi connectivity index (χ1n) is 12.4. The summed E-state index contributed by atoms with van der Waals surface area (Å²) in [6.07, 6.45) is 4.52. The van der Waals surface area contributed by atoms with E-state index in [4.69, 9.17) is 14.3 Å². The molecule has 0 spiro atoms. The van der Waals surface area contributed by atoms with Gasteiger partial charge in [-0.2, -0.15) is 4.98 Å². The second kappa shape index (κ2) is 8.82. The van der Waals surface area contributed by atoms with Crippen molar-refractivity contribution in [3.8, 4) is 0 Å². The first-order chi connectivity index (χ1) is 16.6. The van der Waals surface area contributed by atoms with Gasteiger partial charge in [-0.25, -0.2) is 13.6 Å². The number of rotatable bonds is 5. The van der Waals surface area contributed by atoms with Gasteiger partial charge < -0.3 is 15.5 Å². The van der Waals surface area contributed by atoms with Crippen molar-refractivity contribution in [2.75, 3.05) is 35.6 Å². The highest BCUT2D eigenvalue weighted by Gasteiger charge is 2.30. The summed E-state index contributed by atoms with van der Waals surface area (Å²) in [5, 5.41) is 8.21. The zero-order valence-corrected chi connectivity index (χ0v) is 20.5. The number of hydrogen-bond acceptors (Lipinski definition) is 7. The van der Waals surface area contributed by atoms with Crippen molar-refractivity contribution < 1.29 is 4.21 Å². The van der Waals surface area contributed by atoms with Gasteiger partial charge in [-0.3, -0.25) is 0 Å². The van der Waals surface area contributed by atoms with Gasteiger partial charge in [-0.1, -0.05) is 29.8 Å². The third-order valence-corrected chi connectivity index (χ3v) is 9.44. The van der Waals surface area contributed by atoms with Crippen LogP contribution in [0.4, 0.5) is 11.8 Å². The Labute approximate surface area is 201 Å². The second-order valence-corrected chi connectivity index (χ2v) is 12.1. The molecule has 2 atom stereocenters. The molecule has 1 aliphatic carbocycles. The Bertz CT molecular complexity index is 1340. The summed E-state index contributed by atoms with van der Waals surface area (Å²) < 4.78 is 18.8. The fourth-order valence-corrected chi connectivity index (χ4v) is 7.36. The summed E-state index contributed by atoms with van der Waals surface area (Å²) in [7, 11) is -2.44. The predicted octanol–water partition coefficient (Wildman–Crippen LogP) is 4.11. The van der Waals surface area contributed by atoms with Crippen molar-refractivity contribution in [2.45, 2.75) is 56.1 Å². The third kappa shape index (κ3) is 4.36. The average molecular weight is 477 g/mol. The Kier molecular flexibility index (Phi) is 5.65. The molecule has 0 amide bonds. The number of hydrogen-bond donors (Lipinski definition) is 2. The summed E-state index contributed by atoms with van der Waals surface area (Å²) in [6, 6.07) is 15.1. The topological polar surface area (TPSA) is 82.5 Å². The molecule has 1 aromatic heterocycles. The molecular weight excluding hydrogens is 444 g/mol. The molecule has 1 saturated heterocycles. The van der Waals surface area contributed by atoms with Gasteiger partial charge in [0, 0.05) is 31.1 Å². The Morgan fingerprint density at radius 1 is 1.18 bits per heavy atom. The van der Waals surface area contributed by atoms with E-state index in [1.54, 1.807) is 0 Å². The Balaban J connectivity index is 1.38. The number of benzene rings is 2. The first kappa shape index (κ1) is 21.8.